The molecule has 0 aromatic carbocycles. The van der Waals surface area contributed by atoms with Crippen molar-refractivity contribution in [1.29, 1.82) is 0 Å². The average Bonchev–Trinajstić information content (AvgIpc) is 2.71. The fourth-order valence-electron chi connectivity index (χ4n) is 2.26. The minimum Gasteiger partial charge on any atom is -0.381 e. The summed E-state index contributed by atoms with van der Waals surface area (Å²) in [6, 6.07) is 0.652. The lowest BCUT2D eigenvalue weighted by molar-refractivity contribution is -0.0333. The van der Waals surface area contributed by atoms with E-state index in [0.29, 0.717) is 18.1 Å². The molecule has 0 aliphatic carbocycles. The van der Waals surface area contributed by atoms with E-state index in [1.165, 1.54) is 6.42 Å². The van der Waals surface area contributed by atoms with Crippen LogP contribution in [-0.2, 0) is 9.47 Å². The normalized spacial score (nSPS) is 40.8. The minimum atomic E-state index is 0.439. The van der Waals surface area contributed by atoms with Crippen molar-refractivity contribution in [2.75, 3.05) is 26.9 Å². The summed E-state index contributed by atoms with van der Waals surface area (Å²) in [4.78, 5) is 0. The Balaban J connectivity index is 1.84. The zero-order valence-electron chi connectivity index (χ0n) is 8.29. The number of hydrogen-bond acceptors (Lipinski definition) is 3. The molecule has 2 saturated heterocycles. The molecule has 3 atom stereocenters. The second kappa shape index (κ2) is 4.40. The lowest BCUT2D eigenvalue weighted by Crippen LogP contribution is -2.40. The van der Waals surface area contributed by atoms with E-state index in [1.807, 2.05) is 7.05 Å². The van der Waals surface area contributed by atoms with Gasteiger partial charge < -0.3 is 14.8 Å². The lowest BCUT2D eigenvalue weighted by Gasteiger charge is -2.32. The van der Waals surface area contributed by atoms with E-state index in [2.05, 4.69) is 5.32 Å². The van der Waals surface area contributed by atoms with E-state index in [4.69, 9.17) is 9.47 Å². The van der Waals surface area contributed by atoms with E-state index >= 15 is 0 Å². The van der Waals surface area contributed by atoms with Gasteiger partial charge in [-0.15, -0.1) is 0 Å². The highest BCUT2D eigenvalue weighted by Gasteiger charge is 2.30. The molecule has 2 aliphatic rings. The van der Waals surface area contributed by atoms with Crippen molar-refractivity contribution < 1.29 is 9.47 Å². The largest absolute Gasteiger partial charge is 0.381 e. The summed E-state index contributed by atoms with van der Waals surface area (Å²) < 4.78 is 11.2. The SMILES string of the molecule is CNC1CCOC(C2CCOC2)C1. The van der Waals surface area contributed by atoms with Crippen molar-refractivity contribution in [3.63, 3.8) is 0 Å². The summed E-state index contributed by atoms with van der Waals surface area (Å²) in [5, 5.41) is 3.34. The number of rotatable bonds is 2. The highest BCUT2D eigenvalue weighted by molar-refractivity contribution is 4.82. The summed E-state index contributed by atoms with van der Waals surface area (Å²) in [5.41, 5.74) is 0. The molecular weight excluding hydrogens is 166 g/mol. The summed E-state index contributed by atoms with van der Waals surface area (Å²) in [7, 11) is 2.04. The van der Waals surface area contributed by atoms with Crippen molar-refractivity contribution in [3.8, 4) is 0 Å². The third-order valence-electron chi connectivity index (χ3n) is 3.21. The van der Waals surface area contributed by atoms with E-state index in [9.17, 15) is 0 Å². The zero-order valence-corrected chi connectivity index (χ0v) is 8.29. The second-order valence-electron chi connectivity index (χ2n) is 4.04. The van der Waals surface area contributed by atoms with Crippen molar-refractivity contribution in [2.24, 2.45) is 5.92 Å². The summed E-state index contributed by atoms with van der Waals surface area (Å²) >= 11 is 0. The molecular formula is C10H19NO2. The van der Waals surface area contributed by atoms with Crippen LogP contribution in [-0.4, -0.2) is 39.0 Å². The third-order valence-corrected chi connectivity index (χ3v) is 3.21. The molecule has 76 valence electrons. The first-order chi connectivity index (χ1) is 6.40. The summed E-state index contributed by atoms with van der Waals surface area (Å²) in [6.07, 6.45) is 3.93. The predicted molar refractivity (Wildman–Crippen MR) is 50.7 cm³/mol. The quantitative estimate of drug-likeness (QED) is 0.690. The van der Waals surface area contributed by atoms with Crippen LogP contribution >= 0.6 is 0 Å². The first kappa shape index (κ1) is 9.44. The number of hydrogen-bond donors (Lipinski definition) is 1. The maximum absolute atomic E-state index is 5.77. The van der Waals surface area contributed by atoms with Crippen LogP contribution in [0.2, 0.25) is 0 Å². The van der Waals surface area contributed by atoms with Crippen LogP contribution in [0, 0.1) is 5.92 Å². The molecule has 0 radical (unpaired) electrons. The standard InChI is InChI=1S/C10H19NO2/c1-11-9-3-5-13-10(6-9)8-2-4-12-7-8/h8-11H,2-7H2,1H3. The van der Waals surface area contributed by atoms with Gasteiger partial charge in [-0.3, -0.25) is 0 Å². The number of ether oxygens (including phenoxy) is 2. The molecule has 2 fully saturated rings. The topological polar surface area (TPSA) is 30.5 Å². The van der Waals surface area contributed by atoms with E-state index in [0.717, 1.165) is 32.7 Å². The monoisotopic (exact) mass is 185 g/mol. The second-order valence-corrected chi connectivity index (χ2v) is 4.04. The van der Waals surface area contributed by atoms with Crippen molar-refractivity contribution in [2.45, 2.75) is 31.4 Å². The third kappa shape index (κ3) is 2.22. The minimum absolute atomic E-state index is 0.439. The van der Waals surface area contributed by atoms with E-state index in [-0.39, 0.29) is 0 Å². The van der Waals surface area contributed by atoms with Crippen molar-refractivity contribution in [1.82, 2.24) is 5.32 Å². The lowest BCUT2D eigenvalue weighted by atomic mass is 9.92. The van der Waals surface area contributed by atoms with Crippen molar-refractivity contribution in [3.05, 3.63) is 0 Å². The molecule has 1 N–H and O–H groups in total. The van der Waals surface area contributed by atoms with Gasteiger partial charge in [-0.05, 0) is 26.3 Å². The molecule has 0 amide bonds. The Morgan fingerprint density at radius 1 is 1.23 bits per heavy atom. The van der Waals surface area contributed by atoms with E-state index in [1.54, 1.807) is 0 Å². The summed E-state index contributed by atoms with van der Waals surface area (Å²) in [5.74, 6) is 0.649. The smallest absolute Gasteiger partial charge is 0.0640 e. The fraction of sp³-hybridized carbons (Fsp3) is 1.00. The van der Waals surface area contributed by atoms with Crippen LogP contribution in [0.4, 0.5) is 0 Å². The van der Waals surface area contributed by atoms with Gasteiger partial charge in [0.05, 0.1) is 12.7 Å². The first-order valence-electron chi connectivity index (χ1n) is 5.26. The molecule has 2 aliphatic heterocycles. The fourth-order valence-corrected chi connectivity index (χ4v) is 2.26. The van der Waals surface area contributed by atoms with Gasteiger partial charge in [0, 0.05) is 25.2 Å². The molecule has 3 heteroatoms. The molecule has 0 bridgehead atoms. The Labute approximate surface area is 79.8 Å². The first-order valence-corrected chi connectivity index (χ1v) is 5.26. The van der Waals surface area contributed by atoms with Gasteiger partial charge in [-0.2, -0.15) is 0 Å². The predicted octanol–water partition coefficient (Wildman–Crippen LogP) is 0.790. The molecule has 0 saturated carbocycles. The average molecular weight is 185 g/mol. The number of nitrogens with one attached hydrogen (secondary N) is 1. The highest BCUT2D eigenvalue weighted by Crippen LogP contribution is 2.26. The molecule has 0 aromatic heterocycles. The maximum Gasteiger partial charge on any atom is 0.0640 e. The van der Waals surface area contributed by atoms with Crippen LogP contribution in [0.15, 0.2) is 0 Å². The zero-order chi connectivity index (χ0) is 9.10. The van der Waals surface area contributed by atoms with Crippen LogP contribution in [0.5, 0.6) is 0 Å². The van der Waals surface area contributed by atoms with Crippen molar-refractivity contribution >= 4 is 0 Å². The van der Waals surface area contributed by atoms with Gasteiger partial charge in [0.1, 0.15) is 0 Å². The Morgan fingerprint density at radius 3 is 2.85 bits per heavy atom. The molecule has 2 rings (SSSR count). The van der Waals surface area contributed by atoms with Gasteiger partial charge in [0.2, 0.25) is 0 Å². The molecule has 0 aromatic rings. The highest BCUT2D eigenvalue weighted by atomic mass is 16.5. The van der Waals surface area contributed by atoms with Crippen LogP contribution in [0.1, 0.15) is 19.3 Å². The Kier molecular flexibility index (Phi) is 3.19. The summed E-state index contributed by atoms with van der Waals surface area (Å²) in [6.45, 7) is 2.74. The molecule has 3 unspecified atom stereocenters. The molecule has 0 spiro atoms. The molecule has 2 heterocycles. The molecule has 3 nitrogen and oxygen atoms in total. The van der Waals surface area contributed by atoms with Crippen LogP contribution in [0.3, 0.4) is 0 Å². The van der Waals surface area contributed by atoms with Gasteiger partial charge in [-0.25, -0.2) is 0 Å². The van der Waals surface area contributed by atoms with Crippen LogP contribution < -0.4 is 5.32 Å². The van der Waals surface area contributed by atoms with Gasteiger partial charge in [0.25, 0.3) is 0 Å². The maximum atomic E-state index is 5.77. The van der Waals surface area contributed by atoms with Gasteiger partial charge >= 0.3 is 0 Å². The van der Waals surface area contributed by atoms with Gasteiger partial charge in [-0.1, -0.05) is 0 Å². The Morgan fingerprint density at radius 2 is 2.15 bits per heavy atom. The van der Waals surface area contributed by atoms with Gasteiger partial charge in [0.15, 0.2) is 0 Å². The Bertz CT molecular complexity index is 157. The van der Waals surface area contributed by atoms with E-state index < -0.39 is 0 Å². The van der Waals surface area contributed by atoms with Crippen LogP contribution in [0.25, 0.3) is 0 Å². The Hall–Kier alpha value is -0.120. The molecule has 13 heavy (non-hydrogen) atoms.